The topological polar surface area (TPSA) is 87.5 Å². The Morgan fingerprint density at radius 1 is 1.31 bits per heavy atom. The lowest BCUT2D eigenvalue weighted by molar-refractivity contribution is -0.117. The van der Waals surface area contributed by atoms with Gasteiger partial charge in [0.1, 0.15) is 5.00 Å². The Morgan fingerprint density at radius 2 is 2.00 bits per heavy atom. The molecule has 6 nitrogen and oxygen atoms in total. The second kappa shape index (κ2) is 7.66. The fourth-order valence-electron chi connectivity index (χ4n) is 3.91. The second-order valence-corrected chi connectivity index (χ2v) is 9.56. The molecule has 2 aliphatic rings. The van der Waals surface area contributed by atoms with Crippen molar-refractivity contribution in [1.29, 1.82) is 0 Å². The first-order valence-corrected chi connectivity index (χ1v) is 10.2. The summed E-state index contributed by atoms with van der Waals surface area (Å²) in [6, 6.07) is 0. The number of fused-ring (bicyclic) bond motifs is 1. The summed E-state index contributed by atoms with van der Waals surface area (Å²) in [4.78, 5) is 27.9. The minimum absolute atomic E-state index is 0.0691. The van der Waals surface area contributed by atoms with Crippen molar-refractivity contribution < 1.29 is 9.59 Å². The zero-order chi connectivity index (χ0) is 18.9. The van der Waals surface area contributed by atoms with Crippen LogP contribution in [-0.4, -0.2) is 49.4 Å². The predicted molar refractivity (Wildman–Crippen MR) is 106 cm³/mol. The smallest absolute Gasteiger partial charge is 0.251 e. The van der Waals surface area contributed by atoms with Crippen LogP contribution < -0.4 is 16.4 Å². The van der Waals surface area contributed by atoms with Crippen LogP contribution in [0.4, 0.5) is 5.00 Å². The van der Waals surface area contributed by atoms with Crippen molar-refractivity contribution in [3.05, 3.63) is 16.0 Å². The molecule has 0 aromatic carbocycles. The Morgan fingerprint density at radius 3 is 2.62 bits per heavy atom. The summed E-state index contributed by atoms with van der Waals surface area (Å²) in [6.45, 7) is 10.7. The van der Waals surface area contributed by atoms with E-state index in [-0.39, 0.29) is 11.3 Å². The van der Waals surface area contributed by atoms with Crippen LogP contribution in [0.25, 0.3) is 0 Å². The lowest BCUT2D eigenvalue weighted by atomic mass is 9.72. The van der Waals surface area contributed by atoms with E-state index in [1.54, 1.807) is 0 Å². The zero-order valence-electron chi connectivity index (χ0n) is 16.0. The number of hydrogen-bond donors (Lipinski definition) is 3. The Balaban J connectivity index is 1.76. The van der Waals surface area contributed by atoms with Crippen LogP contribution in [0.3, 0.4) is 0 Å². The van der Waals surface area contributed by atoms with E-state index in [0.29, 0.717) is 23.0 Å². The van der Waals surface area contributed by atoms with Crippen LogP contribution in [0.15, 0.2) is 0 Å². The maximum atomic E-state index is 12.5. The Bertz CT molecular complexity index is 686. The van der Waals surface area contributed by atoms with Crippen LogP contribution >= 0.6 is 11.3 Å². The number of carbonyl (C=O) groups is 2. The molecule has 0 spiro atoms. The Kier molecular flexibility index (Phi) is 5.69. The molecule has 1 aliphatic heterocycles. The number of amides is 2. The van der Waals surface area contributed by atoms with Crippen molar-refractivity contribution in [2.24, 2.45) is 17.1 Å². The summed E-state index contributed by atoms with van der Waals surface area (Å²) in [5.74, 6) is 0.0772. The first-order valence-electron chi connectivity index (χ1n) is 9.43. The zero-order valence-corrected chi connectivity index (χ0v) is 16.8. The molecule has 2 amide bonds. The van der Waals surface area contributed by atoms with Gasteiger partial charge in [-0.15, -0.1) is 11.3 Å². The van der Waals surface area contributed by atoms with Gasteiger partial charge in [0.2, 0.25) is 5.91 Å². The number of nitrogens with one attached hydrogen (secondary N) is 2. The van der Waals surface area contributed by atoms with Gasteiger partial charge in [-0.2, -0.15) is 0 Å². The predicted octanol–water partition coefficient (Wildman–Crippen LogP) is 1.84. The van der Waals surface area contributed by atoms with Crippen LogP contribution in [0.1, 0.15) is 48.0 Å². The highest BCUT2D eigenvalue weighted by Crippen LogP contribution is 2.44. The molecule has 144 valence electrons. The number of nitrogens with zero attached hydrogens (tertiary/aromatic N) is 1. The fourth-order valence-corrected chi connectivity index (χ4v) is 5.26. The van der Waals surface area contributed by atoms with Crippen molar-refractivity contribution in [3.8, 4) is 0 Å². The van der Waals surface area contributed by atoms with Crippen molar-refractivity contribution in [2.75, 3.05) is 38.0 Å². The highest BCUT2D eigenvalue weighted by atomic mass is 32.1. The molecule has 0 bridgehead atoms. The summed E-state index contributed by atoms with van der Waals surface area (Å²) in [7, 11) is 0. The van der Waals surface area contributed by atoms with E-state index < -0.39 is 5.91 Å². The van der Waals surface area contributed by atoms with Crippen molar-refractivity contribution in [3.63, 3.8) is 0 Å². The molecule has 1 aliphatic carbocycles. The number of rotatable bonds is 4. The SMILES string of the molecule is CC(C)(C)[C@@H]1CCc2c(sc(NC(=O)CN3CCNCC3)c2C(N)=O)C1. The van der Waals surface area contributed by atoms with Crippen molar-refractivity contribution in [2.45, 2.75) is 40.0 Å². The van der Waals surface area contributed by atoms with Gasteiger partial charge in [0.25, 0.3) is 5.91 Å². The van der Waals surface area contributed by atoms with Gasteiger partial charge in [-0.3, -0.25) is 14.5 Å². The molecule has 2 heterocycles. The molecule has 7 heteroatoms. The second-order valence-electron chi connectivity index (χ2n) is 8.45. The Hall–Kier alpha value is -1.44. The van der Waals surface area contributed by atoms with Gasteiger partial charge in [-0.1, -0.05) is 20.8 Å². The minimum Gasteiger partial charge on any atom is -0.365 e. The number of hydrogen-bond acceptors (Lipinski definition) is 5. The first kappa shape index (κ1) is 19.3. The molecule has 1 saturated heterocycles. The van der Waals surface area contributed by atoms with Gasteiger partial charge >= 0.3 is 0 Å². The molecule has 1 fully saturated rings. The van der Waals surface area contributed by atoms with E-state index in [9.17, 15) is 9.59 Å². The van der Waals surface area contributed by atoms with E-state index in [1.165, 1.54) is 16.2 Å². The molecule has 1 atom stereocenters. The minimum atomic E-state index is -0.436. The maximum Gasteiger partial charge on any atom is 0.251 e. The third-order valence-electron chi connectivity index (χ3n) is 5.57. The molecule has 3 rings (SSSR count). The molecule has 0 unspecified atom stereocenters. The van der Waals surface area contributed by atoms with Crippen LogP contribution in [0.2, 0.25) is 0 Å². The number of primary amides is 1. The van der Waals surface area contributed by atoms with Crippen LogP contribution in [-0.2, 0) is 17.6 Å². The fraction of sp³-hybridized carbons (Fsp3) is 0.684. The number of nitrogens with two attached hydrogens (primary N) is 1. The summed E-state index contributed by atoms with van der Waals surface area (Å²) >= 11 is 1.54. The summed E-state index contributed by atoms with van der Waals surface area (Å²) < 4.78 is 0. The standard InChI is InChI=1S/C19H30N4O2S/c1-19(2,3)12-4-5-13-14(10-12)26-18(16(13)17(20)25)22-15(24)11-23-8-6-21-7-9-23/h12,21H,4-11H2,1-3H3,(H2,20,25)(H,22,24)/t12-/m1/s1. The normalized spacial score (nSPS) is 21.3. The van der Waals surface area contributed by atoms with Gasteiger partial charge in [0.15, 0.2) is 0 Å². The van der Waals surface area contributed by atoms with Gasteiger partial charge in [0, 0.05) is 31.1 Å². The number of thiophene rings is 1. The lowest BCUT2D eigenvalue weighted by Gasteiger charge is -2.33. The van der Waals surface area contributed by atoms with E-state index in [2.05, 4.69) is 36.3 Å². The molecule has 1 aromatic rings. The van der Waals surface area contributed by atoms with E-state index in [0.717, 1.165) is 51.0 Å². The van der Waals surface area contributed by atoms with Crippen LogP contribution in [0.5, 0.6) is 0 Å². The van der Waals surface area contributed by atoms with Crippen molar-refractivity contribution in [1.82, 2.24) is 10.2 Å². The summed E-state index contributed by atoms with van der Waals surface area (Å²) in [6.07, 6.45) is 2.87. The largest absolute Gasteiger partial charge is 0.365 e. The molecule has 1 aromatic heterocycles. The van der Waals surface area contributed by atoms with Gasteiger partial charge < -0.3 is 16.4 Å². The summed E-state index contributed by atoms with van der Waals surface area (Å²) in [5.41, 5.74) is 7.49. The van der Waals surface area contributed by atoms with Gasteiger partial charge in [-0.05, 0) is 36.2 Å². The third-order valence-corrected chi connectivity index (χ3v) is 6.74. The monoisotopic (exact) mass is 378 g/mol. The number of carbonyl (C=O) groups excluding carboxylic acids is 2. The van der Waals surface area contributed by atoms with E-state index in [4.69, 9.17) is 5.73 Å². The van der Waals surface area contributed by atoms with Crippen LogP contribution in [0, 0.1) is 11.3 Å². The van der Waals surface area contributed by atoms with Crippen molar-refractivity contribution >= 4 is 28.2 Å². The van der Waals surface area contributed by atoms with Gasteiger partial charge in [-0.25, -0.2) is 0 Å². The maximum absolute atomic E-state index is 12.5. The average Bonchev–Trinajstić information content (AvgIpc) is 2.91. The van der Waals surface area contributed by atoms with Gasteiger partial charge in [0.05, 0.1) is 12.1 Å². The molecular weight excluding hydrogens is 348 g/mol. The molecular formula is C19H30N4O2S. The number of piperazine rings is 1. The molecule has 4 N–H and O–H groups in total. The first-order chi connectivity index (χ1) is 12.3. The van der Waals surface area contributed by atoms with E-state index in [1.807, 2.05) is 0 Å². The molecule has 0 saturated carbocycles. The Labute approximate surface area is 159 Å². The lowest BCUT2D eigenvalue weighted by Crippen LogP contribution is -2.46. The van der Waals surface area contributed by atoms with E-state index >= 15 is 0 Å². The molecule has 0 radical (unpaired) electrons. The third kappa shape index (κ3) is 4.27. The average molecular weight is 379 g/mol. The highest BCUT2D eigenvalue weighted by molar-refractivity contribution is 7.17. The highest BCUT2D eigenvalue weighted by Gasteiger charge is 2.33. The molecule has 26 heavy (non-hydrogen) atoms. The number of anilines is 1. The quantitative estimate of drug-likeness (QED) is 0.746. The summed E-state index contributed by atoms with van der Waals surface area (Å²) in [5, 5.41) is 6.88.